The zero-order valence-corrected chi connectivity index (χ0v) is 14.9. The molecule has 3 heterocycles. The third-order valence-corrected chi connectivity index (χ3v) is 4.78. The average molecular weight is 365 g/mol. The van der Waals surface area contributed by atoms with Crippen molar-refractivity contribution in [1.29, 1.82) is 0 Å². The number of hydrogen-bond acceptors (Lipinski definition) is 7. The molecule has 8 heteroatoms. The average Bonchev–Trinajstić information content (AvgIpc) is 3.18. The lowest BCUT2D eigenvalue weighted by atomic mass is 9.99. The number of nitro groups is 1. The van der Waals surface area contributed by atoms with Gasteiger partial charge in [-0.2, -0.15) is 4.98 Å². The molecule has 1 aliphatic rings. The summed E-state index contributed by atoms with van der Waals surface area (Å²) in [5.41, 5.74) is 2.01. The van der Waals surface area contributed by atoms with Crippen molar-refractivity contribution >= 4 is 11.4 Å². The first-order valence-corrected chi connectivity index (χ1v) is 8.89. The van der Waals surface area contributed by atoms with Gasteiger partial charge in [-0.25, -0.2) is 0 Å². The first-order chi connectivity index (χ1) is 13.1. The Bertz CT molecular complexity index is 957. The molecule has 1 atom stereocenters. The van der Waals surface area contributed by atoms with E-state index in [0.29, 0.717) is 23.0 Å². The van der Waals surface area contributed by atoms with E-state index in [4.69, 9.17) is 4.52 Å². The van der Waals surface area contributed by atoms with Crippen LogP contribution in [-0.4, -0.2) is 33.1 Å². The molecule has 8 nitrogen and oxygen atoms in total. The molecule has 1 unspecified atom stereocenters. The number of hydrogen-bond donors (Lipinski definition) is 0. The summed E-state index contributed by atoms with van der Waals surface area (Å²) in [6.45, 7) is 3.83. The van der Waals surface area contributed by atoms with Crippen LogP contribution in [0.4, 0.5) is 11.4 Å². The van der Waals surface area contributed by atoms with Crippen molar-refractivity contribution in [2.24, 2.45) is 5.92 Å². The van der Waals surface area contributed by atoms with Gasteiger partial charge in [0.25, 0.3) is 11.6 Å². The molecule has 0 saturated carbocycles. The van der Waals surface area contributed by atoms with E-state index in [-0.39, 0.29) is 16.5 Å². The molecule has 0 N–H and O–H groups in total. The number of aromatic nitrogens is 3. The standard InChI is InChI=1S/C19H19N5O3/c1-13-3-2-10-23(12-13)16-5-4-15(11-17(16)24(25)26)19-21-18(22-27-19)14-6-8-20-9-7-14/h4-9,11,13H,2-3,10,12H2,1H3. The van der Waals surface area contributed by atoms with Gasteiger partial charge in [-0.05, 0) is 43.0 Å². The van der Waals surface area contributed by atoms with Crippen molar-refractivity contribution in [3.8, 4) is 22.8 Å². The summed E-state index contributed by atoms with van der Waals surface area (Å²) in [5.74, 6) is 1.20. The number of nitrogens with zero attached hydrogens (tertiary/aromatic N) is 5. The summed E-state index contributed by atoms with van der Waals surface area (Å²) in [5, 5.41) is 15.6. The van der Waals surface area contributed by atoms with Gasteiger partial charge in [0, 0.05) is 42.7 Å². The van der Waals surface area contributed by atoms with Gasteiger partial charge in [0.1, 0.15) is 5.69 Å². The summed E-state index contributed by atoms with van der Waals surface area (Å²) < 4.78 is 5.32. The monoisotopic (exact) mass is 365 g/mol. The molecule has 1 aromatic carbocycles. The molecule has 0 spiro atoms. The van der Waals surface area contributed by atoms with Gasteiger partial charge in [-0.1, -0.05) is 12.1 Å². The van der Waals surface area contributed by atoms with E-state index in [0.717, 1.165) is 31.5 Å². The van der Waals surface area contributed by atoms with Crippen molar-refractivity contribution in [1.82, 2.24) is 15.1 Å². The Kier molecular flexibility index (Phi) is 4.53. The van der Waals surface area contributed by atoms with E-state index in [2.05, 4.69) is 26.9 Å². The van der Waals surface area contributed by atoms with Crippen molar-refractivity contribution in [3.05, 3.63) is 52.8 Å². The molecule has 138 valence electrons. The van der Waals surface area contributed by atoms with Gasteiger partial charge in [-0.15, -0.1) is 0 Å². The molecule has 1 saturated heterocycles. The zero-order chi connectivity index (χ0) is 18.8. The topological polar surface area (TPSA) is 98.2 Å². The number of nitro benzene ring substituents is 1. The minimum atomic E-state index is -0.349. The van der Waals surface area contributed by atoms with E-state index in [1.165, 1.54) is 6.07 Å². The summed E-state index contributed by atoms with van der Waals surface area (Å²) in [4.78, 5) is 21.7. The predicted molar refractivity (Wildman–Crippen MR) is 100 cm³/mol. The van der Waals surface area contributed by atoms with E-state index in [9.17, 15) is 10.1 Å². The Labute approximate surface area is 156 Å². The number of anilines is 1. The SMILES string of the molecule is CC1CCCN(c2ccc(-c3nc(-c4ccncc4)no3)cc2[N+](=O)[O-])C1. The Morgan fingerprint density at radius 3 is 2.78 bits per heavy atom. The second kappa shape index (κ2) is 7.14. The molecule has 2 aromatic heterocycles. The third-order valence-electron chi connectivity index (χ3n) is 4.78. The van der Waals surface area contributed by atoms with Crippen LogP contribution in [0.25, 0.3) is 22.8 Å². The molecule has 0 radical (unpaired) electrons. The molecule has 1 fully saturated rings. The van der Waals surface area contributed by atoms with Gasteiger partial charge in [-0.3, -0.25) is 15.1 Å². The molecule has 0 aliphatic carbocycles. The van der Waals surface area contributed by atoms with Crippen molar-refractivity contribution in [2.75, 3.05) is 18.0 Å². The first kappa shape index (κ1) is 17.1. The molecule has 27 heavy (non-hydrogen) atoms. The molecular weight excluding hydrogens is 346 g/mol. The fraction of sp³-hybridized carbons (Fsp3) is 0.316. The van der Waals surface area contributed by atoms with Gasteiger partial charge < -0.3 is 9.42 Å². The van der Waals surface area contributed by atoms with Gasteiger partial charge in [0.05, 0.1) is 4.92 Å². The molecule has 3 aromatic rings. The maximum atomic E-state index is 11.7. The second-order valence-corrected chi connectivity index (χ2v) is 6.81. The summed E-state index contributed by atoms with van der Waals surface area (Å²) in [6, 6.07) is 8.64. The molecule has 1 aliphatic heterocycles. The highest BCUT2D eigenvalue weighted by molar-refractivity contribution is 5.71. The van der Waals surface area contributed by atoms with Crippen LogP contribution >= 0.6 is 0 Å². The second-order valence-electron chi connectivity index (χ2n) is 6.81. The molecular formula is C19H19N5O3. The van der Waals surface area contributed by atoms with Crippen molar-refractivity contribution in [3.63, 3.8) is 0 Å². The highest BCUT2D eigenvalue weighted by Gasteiger charge is 2.25. The number of rotatable bonds is 4. The van der Waals surface area contributed by atoms with E-state index in [1.807, 2.05) is 0 Å². The smallest absolute Gasteiger partial charge is 0.293 e. The van der Waals surface area contributed by atoms with Gasteiger partial charge >= 0.3 is 0 Å². The van der Waals surface area contributed by atoms with Crippen LogP contribution < -0.4 is 4.90 Å². The van der Waals surface area contributed by atoms with Crippen LogP contribution in [-0.2, 0) is 0 Å². The first-order valence-electron chi connectivity index (χ1n) is 8.89. The number of benzene rings is 1. The Balaban J connectivity index is 1.67. The summed E-state index contributed by atoms with van der Waals surface area (Å²) >= 11 is 0. The number of piperidine rings is 1. The predicted octanol–water partition coefficient (Wildman–Crippen LogP) is 3.94. The fourth-order valence-corrected chi connectivity index (χ4v) is 3.44. The molecule has 0 amide bonds. The minimum absolute atomic E-state index is 0.0604. The van der Waals surface area contributed by atoms with Gasteiger partial charge in [0.15, 0.2) is 0 Å². The maximum absolute atomic E-state index is 11.7. The van der Waals surface area contributed by atoms with Crippen LogP contribution in [0.3, 0.4) is 0 Å². The largest absolute Gasteiger partial charge is 0.366 e. The van der Waals surface area contributed by atoms with Crippen LogP contribution in [0.1, 0.15) is 19.8 Å². The minimum Gasteiger partial charge on any atom is -0.366 e. The summed E-state index contributed by atoms with van der Waals surface area (Å²) in [6.07, 6.45) is 5.48. The number of pyridine rings is 1. The fourth-order valence-electron chi connectivity index (χ4n) is 3.44. The molecule has 4 rings (SSSR count). The summed E-state index contributed by atoms with van der Waals surface area (Å²) in [7, 11) is 0. The van der Waals surface area contributed by atoms with E-state index < -0.39 is 0 Å². The lowest BCUT2D eigenvalue weighted by molar-refractivity contribution is -0.384. The maximum Gasteiger partial charge on any atom is 0.293 e. The van der Waals surface area contributed by atoms with Crippen LogP contribution in [0.15, 0.2) is 47.2 Å². The lowest BCUT2D eigenvalue weighted by Gasteiger charge is -2.32. The Hall–Kier alpha value is -3.29. The van der Waals surface area contributed by atoms with Crippen molar-refractivity contribution < 1.29 is 9.45 Å². The Morgan fingerprint density at radius 1 is 1.22 bits per heavy atom. The third kappa shape index (κ3) is 3.51. The molecule has 0 bridgehead atoms. The highest BCUT2D eigenvalue weighted by atomic mass is 16.6. The normalized spacial score (nSPS) is 17.1. The van der Waals surface area contributed by atoms with Crippen LogP contribution in [0, 0.1) is 16.0 Å². The van der Waals surface area contributed by atoms with Crippen LogP contribution in [0.2, 0.25) is 0 Å². The zero-order valence-electron chi connectivity index (χ0n) is 14.9. The quantitative estimate of drug-likeness (QED) is 0.510. The van der Waals surface area contributed by atoms with E-state index in [1.54, 1.807) is 36.7 Å². The highest BCUT2D eigenvalue weighted by Crippen LogP contribution is 2.35. The lowest BCUT2D eigenvalue weighted by Crippen LogP contribution is -2.34. The van der Waals surface area contributed by atoms with Crippen LogP contribution in [0.5, 0.6) is 0 Å². The Morgan fingerprint density at radius 2 is 2.04 bits per heavy atom. The van der Waals surface area contributed by atoms with Crippen molar-refractivity contribution in [2.45, 2.75) is 19.8 Å². The van der Waals surface area contributed by atoms with E-state index >= 15 is 0 Å². The van der Waals surface area contributed by atoms with Gasteiger partial charge in [0.2, 0.25) is 5.82 Å².